The van der Waals surface area contributed by atoms with Gasteiger partial charge < -0.3 is 9.88 Å². The van der Waals surface area contributed by atoms with E-state index in [9.17, 15) is 0 Å². The van der Waals surface area contributed by atoms with E-state index in [2.05, 4.69) is 35.3 Å². The van der Waals surface area contributed by atoms with Gasteiger partial charge in [-0.3, -0.25) is 0 Å². The van der Waals surface area contributed by atoms with Gasteiger partial charge in [-0.15, -0.1) is 0 Å². The van der Waals surface area contributed by atoms with E-state index in [1.807, 2.05) is 6.07 Å². The SMILES string of the molecule is Cn1cc(CC2CCCNC2)c2cc(Cl)ccc21. The van der Waals surface area contributed by atoms with E-state index in [1.54, 1.807) is 0 Å². The fourth-order valence-corrected chi connectivity index (χ4v) is 3.19. The van der Waals surface area contributed by atoms with Crippen LogP contribution >= 0.6 is 11.6 Å². The summed E-state index contributed by atoms with van der Waals surface area (Å²) in [5.74, 6) is 0.767. The first kappa shape index (κ1) is 12.1. The van der Waals surface area contributed by atoms with E-state index >= 15 is 0 Å². The van der Waals surface area contributed by atoms with Crippen molar-refractivity contribution in [3.8, 4) is 0 Å². The smallest absolute Gasteiger partial charge is 0.0481 e. The Labute approximate surface area is 113 Å². The highest BCUT2D eigenvalue weighted by Crippen LogP contribution is 2.27. The maximum Gasteiger partial charge on any atom is 0.0481 e. The number of nitrogens with one attached hydrogen (secondary N) is 1. The number of aryl methyl sites for hydroxylation is 1. The summed E-state index contributed by atoms with van der Waals surface area (Å²) in [6, 6.07) is 6.18. The summed E-state index contributed by atoms with van der Waals surface area (Å²) < 4.78 is 2.21. The molecule has 18 heavy (non-hydrogen) atoms. The number of benzene rings is 1. The summed E-state index contributed by atoms with van der Waals surface area (Å²) in [4.78, 5) is 0. The third kappa shape index (κ3) is 2.27. The Morgan fingerprint density at radius 1 is 1.44 bits per heavy atom. The number of nitrogens with zero attached hydrogens (tertiary/aromatic N) is 1. The fraction of sp³-hybridized carbons (Fsp3) is 0.467. The van der Waals surface area contributed by atoms with E-state index in [4.69, 9.17) is 11.6 Å². The second-order valence-corrected chi connectivity index (χ2v) is 5.78. The fourth-order valence-electron chi connectivity index (χ4n) is 3.02. The van der Waals surface area contributed by atoms with Crippen molar-refractivity contribution in [2.45, 2.75) is 19.3 Å². The van der Waals surface area contributed by atoms with Crippen LogP contribution in [0.25, 0.3) is 10.9 Å². The van der Waals surface area contributed by atoms with Crippen molar-refractivity contribution < 1.29 is 0 Å². The van der Waals surface area contributed by atoms with Gasteiger partial charge in [-0.05, 0) is 62.0 Å². The molecule has 1 atom stereocenters. The van der Waals surface area contributed by atoms with E-state index in [1.165, 1.54) is 35.9 Å². The second kappa shape index (κ2) is 4.94. The monoisotopic (exact) mass is 262 g/mol. The largest absolute Gasteiger partial charge is 0.350 e. The van der Waals surface area contributed by atoms with Gasteiger partial charge in [0.05, 0.1) is 0 Å². The highest BCUT2D eigenvalue weighted by Gasteiger charge is 2.16. The predicted molar refractivity (Wildman–Crippen MR) is 77.2 cm³/mol. The van der Waals surface area contributed by atoms with Crippen LogP contribution in [0.2, 0.25) is 5.02 Å². The minimum absolute atomic E-state index is 0.767. The maximum atomic E-state index is 6.12. The van der Waals surface area contributed by atoms with Crippen LogP contribution in [0.1, 0.15) is 18.4 Å². The Morgan fingerprint density at radius 2 is 2.33 bits per heavy atom. The minimum Gasteiger partial charge on any atom is -0.350 e. The molecule has 1 N–H and O–H groups in total. The summed E-state index contributed by atoms with van der Waals surface area (Å²) in [5, 5.41) is 5.63. The summed E-state index contributed by atoms with van der Waals surface area (Å²) >= 11 is 6.12. The topological polar surface area (TPSA) is 17.0 Å². The molecule has 1 saturated heterocycles. The van der Waals surface area contributed by atoms with Gasteiger partial charge in [0, 0.05) is 29.2 Å². The molecule has 0 spiro atoms. The van der Waals surface area contributed by atoms with Crippen molar-refractivity contribution >= 4 is 22.5 Å². The van der Waals surface area contributed by atoms with Crippen LogP contribution in [0, 0.1) is 5.92 Å². The molecule has 0 saturated carbocycles. The van der Waals surface area contributed by atoms with Crippen LogP contribution in [0.4, 0.5) is 0 Å². The quantitative estimate of drug-likeness (QED) is 0.878. The highest BCUT2D eigenvalue weighted by atomic mass is 35.5. The molecule has 0 amide bonds. The normalized spacial score (nSPS) is 20.4. The zero-order valence-electron chi connectivity index (χ0n) is 10.7. The lowest BCUT2D eigenvalue weighted by molar-refractivity contribution is 0.376. The summed E-state index contributed by atoms with van der Waals surface area (Å²) in [5.41, 5.74) is 2.71. The molecule has 0 aliphatic carbocycles. The first-order chi connectivity index (χ1) is 8.74. The molecule has 1 fully saturated rings. The average molecular weight is 263 g/mol. The van der Waals surface area contributed by atoms with Crippen molar-refractivity contribution in [1.82, 2.24) is 9.88 Å². The first-order valence-corrected chi connectivity index (χ1v) is 7.06. The molecule has 2 nitrogen and oxygen atoms in total. The predicted octanol–water partition coefficient (Wildman–Crippen LogP) is 3.37. The zero-order chi connectivity index (χ0) is 12.5. The van der Waals surface area contributed by atoms with E-state index in [0.29, 0.717) is 0 Å². The van der Waals surface area contributed by atoms with E-state index < -0.39 is 0 Å². The molecular weight excluding hydrogens is 244 g/mol. The third-order valence-corrected chi connectivity index (χ3v) is 4.18. The molecule has 96 valence electrons. The van der Waals surface area contributed by atoms with Gasteiger partial charge in [0.25, 0.3) is 0 Å². The molecule has 3 heteroatoms. The number of rotatable bonds is 2. The molecule has 2 heterocycles. The van der Waals surface area contributed by atoms with Crippen LogP contribution in [0.5, 0.6) is 0 Å². The maximum absolute atomic E-state index is 6.12. The van der Waals surface area contributed by atoms with Crippen LogP contribution in [0.15, 0.2) is 24.4 Å². The summed E-state index contributed by atoms with van der Waals surface area (Å²) in [7, 11) is 2.11. The number of aromatic nitrogens is 1. The highest BCUT2D eigenvalue weighted by molar-refractivity contribution is 6.31. The Hall–Kier alpha value is -0.990. The molecule has 1 aliphatic heterocycles. The number of fused-ring (bicyclic) bond motifs is 1. The summed E-state index contributed by atoms with van der Waals surface area (Å²) in [6.45, 7) is 2.33. The Bertz CT molecular complexity index is 553. The van der Waals surface area contributed by atoms with Gasteiger partial charge in [-0.1, -0.05) is 11.6 Å². The van der Waals surface area contributed by atoms with Crippen molar-refractivity contribution in [2.75, 3.05) is 13.1 Å². The van der Waals surface area contributed by atoms with Gasteiger partial charge in [-0.25, -0.2) is 0 Å². The van der Waals surface area contributed by atoms with E-state index in [0.717, 1.165) is 23.9 Å². The third-order valence-electron chi connectivity index (χ3n) is 3.94. The lowest BCUT2D eigenvalue weighted by Crippen LogP contribution is -2.30. The molecule has 2 aromatic rings. The van der Waals surface area contributed by atoms with Crippen LogP contribution < -0.4 is 5.32 Å². The molecule has 1 aromatic heterocycles. The molecule has 1 unspecified atom stereocenters. The van der Waals surface area contributed by atoms with Crippen molar-refractivity contribution in [2.24, 2.45) is 13.0 Å². The first-order valence-electron chi connectivity index (χ1n) is 6.68. The van der Waals surface area contributed by atoms with E-state index in [-0.39, 0.29) is 0 Å². The Kier molecular flexibility index (Phi) is 3.31. The Balaban J connectivity index is 1.93. The second-order valence-electron chi connectivity index (χ2n) is 5.34. The number of halogens is 1. The molecular formula is C15H19ClN2. The van der Waals surface area contributed by atoms with Crippen LogP contribution in [0.3, 0.4) is 0 Å². The standard InChI is InChI=1S/C15H19ClN2/c1-18-10-12(7-11-3-2-6-17-9-11)14-8-13(16)4-5-15(14)18/h4-5,8,10-11,17H,2-3,6-7,9H2,1H3. The average Bonchev–Trinajstić information content (AvgIpc) is 2.67. The summed E-state index contributed by atoms with van der Waals surface area (Å²) in [6.07, 6.45) is 6.06. The van der Waals surface area contributed by atoms with Crippen molar-refractivity contribution in [3.63, 3.8) is 0 Å². The zero-order valence-corrected chi connectivity index (χ0v) is 11.5. The lowest BCUT2D eigenvalue weighted by Gasteiger charge is -2.22. The molecule has 0 radical (unpaired) electrons. The lowest BCUT2D eigenvalue weighted by atomic mass is 9.92. The molecule has 3 rings (SSSR count). The van der Waals surface area contributed by atoms with Crippen molar-refractivity contribution in [1.29, 1.82) is 0 Å². The van der Waals surface area contributed by atoms with Gasteiger partial charge in [0.2, 0.25) is 0 Å². The van der Waals surface area contributed by atoms with Gasteiger partial charge in [0.15, 0.2) is 0 Å². The molecule has 0 bridgehead atoms. The minimum atomic E-state index is 0.767. The number of hydrogen-bond donors (Lipinski definition) is 1. The van der Waals surface area contributed by atoms with Gasteiger partial charge >= 0.3 is 0 Å². The van der Waals surface area contributed by atoms with Crippen molar-refractivity contribution in [3.05, 3.63) is 35.0 Å². The number of hydrogen-bond acceptors (Lipinski definition) is 1. The van der Waals surface area contributed by atoms with Gasteiger partial charge in [-0.2, -0.15) is 0 Å². The number of piperidine rings is 1. The Morgan fingerprint density at radius 3 is 3.11 bits per heavy atom. The van der Waals surface area contributed by atoms with Crippen LogP contribution in [-0.4, -0.2) is 17.7 Å². The molecule has 1 aromatic carbocycles. The van der Waals surface area contributed by atoms with Crippen LogP contribution in [-0.2, 0) is 13.5 Å². The molecule has 1 aliphatic rings. The van der Waals surface area contributed by atoms with Gasteiger partial charge in [0.1, 0.15) is 0 Å².